The van der Waals surface area contributed by atoms with Crippen molar-refractivity contribution in [2.24, 2.45) is 17.8 Å². The second-order valence-electron chi connectivity index (χ2n) is 6.81. The number of anilines is 1. The Kier molecular flexibility index (Phi) is 3.87. The molecule has 0 saturated heterocycles. The van der Waals surface area contributed by atoms with Crippen LogP contribution in [0.1, 0.15) is 51.5 Å². The fraction of sp³-hybridized carbons (Fsp3) is 0.579. The van der Waals surface area contributed by atoms with Crippen molar-refractivity contribution in [1.82, 2.24) is 0 Å². The Bertz CT molecular complexity index is 473. The van der Waals surface area contributed by atoms with Crippen LogP contribution in [0.2, 0.25) is 0 Å². The van der Waals surface area contributed by atoms with E-state index in [9.17, 15) is 0 Å². The summed E-state index contributed by atoms with van der Waals surface area (Å²) < 4.78 is 0. The van der Waals surface area contributed by atoms with Crippen LogP contribution in [0, 0.1) is 17.8 Å². The molecule has 0 amide bonds. The first-order chi connectivity index (χ1) is 9.67. The summed E-state index contributed by atoms with van der Waals surface area (Å²) in [7, 11) is 0. The molecule has 1 N–H and O–H groups in total. The van der Waals surface area contributed by atoms with E-state index in [2.05, 4.69) is 62.5 Å². The second-order valence-corrected chi connectivity index (χ2v) is 6.81. The molecule has 1 heteroatoms. The van der Waals surface area contributed by atoms with E-state index >= 15 is 0 Å². The second kappa shape index (κ2) is 5.63. The lowest BCUT2D eigenvalue weighted by Gasteiger charge is -2.27. The summed E-state index contributed by atoms with van der Waals surface area (Å²) in [6.45, 7) is 6.90. The van der Waals surface area contributed by atoms with Gasteiger partial charge in [-0.3, -0.25) is 0 Å². The van der Waals surface area contributed by atoms with E-state index < -0.39 is 0 Å². The first-order valence-electron chi connectivity index (χ1n) is 8.22. The first kappa shape index (κ1) is 13.7. The Morgan fingerprint density at radius 2 is 1.85 bits per heavy atom. The largest absolute Gasteiger partial charge is 0.382 e. The van der Waals surface area contributed by atoms with Crippen molar-refractivity contribution in [2.75, 3.05) is 5.32 Å². The molecule has 1 fully saturated rings. The highest BCUT2D eigenvalue weighted by Crippen LogP contribution is 2.45. The minimum atomic E-state index is 0.574. The van der Waals surface area contributed by atoms with Gasteiger partial charge in [-0.15, -0.1) is 0 Å². The summed E-state index contributed by atoms with van der Waals surface area (Å²) in [4.78, 5) is 0. The minimum absolute atomic E-state index is 0.574. The SMILES string of the molecule is CCC(C)c1ccc(NC(C)C2CC3C=CC2C3)cc1. The molecular formula is C19H27N. The van der Waals surface area contributed by atoms with E-state index in [0.29, 0.717) is 12.0 Å². The van der Waals surface area contributed by atoms with Crippen LogP contribution in [0.3, 0.4) is 0 Å². The van der Waals surface area contributed by atoms with Crippen LogP contribution in [-0.4, -0.2) is 6.04 Å². The average molecular weight is 269 g/mol. The molecule has 0 heterocycles. The lowest BCUT2D eigenvalue weighted by Crippen LogP contribution is -2.28. The third-order valence-corrected chi connectivity index (χ3v) is 5.46. The van der Waals surface area contributed by atoms with Gasteiger partial charge in [-0.1, -0.05) is 38.1 Å². The van der Waals surface area contributed by atoms with E-state index in [4.69, 9.17) is 0 Å². The summed E-state index contributed by atoms with van der Waals surface area (Å²) in [6.07, 6.45) is 8.85. The summed E-state index contributed by atoms with van der Waals surface area (Å²) in [5.74, 6) is 3.17. The van der Waals surface area contributed by atoms with Crippen LogP contribution >= 0.6 is 0 Å². The lowest BCUT2D eigenvalue weighted by atomic mass is 9.87. The van der Waals surface area contributed by atoms with Gasteiger partial charge >= 0.3 is 0 Å². The maximum atomic E-state index is 3.72. The molecule has 0 aromatic heterocycles. The fourth-order valence-corrected chi connectivity index (χ4v) is 3.91. The molecule has 2 bridgehead atoms. The van der Waals surface area contributed by atoms with Gasteiger partial charge in [-0.25, -0.2) is 0 Å². The van der Waals surface area contributed by atoms with Crippen molar-refractivity contribution in [3.8, 4) is 0 Å². The minimum Gasteiger partial charge on any atom is -0.382 e. The van der Waals surface area contributed by atoms with Crippen LogP contribution in [0.25, 0.3) is 0 Å². The molecule has 108 valence electrons. The maximum Gasteiger partial charge on any atom is 0.0342 e. The third-order valence-electron chi connectivity index (χ3n) is 5.46. The molecule has 3 rings (SSSR count). The molecular weight excluding hydrogens is 242 g/mol. The number of hydrogen-bond acceptors (Lipinski definition) is 1. The lowest BCUT2D eigenvalue weighted by molar-refractivity contribution is 0.400. The Balaban J connectivity index is 1.61. The number of allylic oxidation sites excluding steroid dienone is 2. The Hall–Kier alpha value is -1.24. The van der Waals surface area contributed by atoms with Gasteiger partial charge < -0.3 is 5.32 Å². The fourth-order valence-electron chi connectivity index (χ4n) is 3.91. The van der Waals surface area contributed by atoms with Crippen molar-refractivity contribution in [3.05, 3.63) is 42.0 Å². The van der Waals surface area contributed by atoms with Crippen molar-refractivity contribution in [1.29, 1.82) is 0 Å². The van der Waals surface area contributed by atoms with E-state index in [0.717, 1.165) is 17.8 Å². The van der Waals surface area contributed by atoms with Gasteiger partial charge in [0.1, 0.15) is 0 Å². The van der Waals surface area contributed by atoms with Crippen LogP contribution in [0.4, 0.5) is 5.69 Å². The predicted molar refractivity (Wildman–Crippen MR) is 87.1 cm³/mol. The van der Waals surface area contributed by atoms with E-state index in [1.165, 1.54) is 30.5 Å². The molecule has 1 aromatic rings. The predicted octanol–water partition coefficient (Wildman–Crippen LogP) is 5.21. The number of nitrogens with one attached hydrogen (secondary N) is 1. The molecule has 0 radical (unpaired) electrons. The molecule has 1 aromatic carbocycles. The van der Waals surface area contributed by atoms with Gasteiger partial charge in [-0.2, -0.15) is 0 Å². The molecule has 0 spiro atoms. The molecule has 20 heavy (non-hydrogen) atoms. The van der Waals surface area contributed by atoms with E-state index in [1.54, 1.807) is 0 Å². The topological polar surface area (TPSA) is 12.0 Å². The molecule has 0 aliphatic heterocycles. The van der Waals surface area contributed by atoms with Crippen molar-refractivity contribution in [3.63, 3.8) is 0 Å². The van der Waals surface area contributed by atoms with E-state index in [-0.39, 0.29) is 0 Å². The van der Waals surface area contributed by atoms with Crippen molar-refractivity contribution < 1.29 is 0 Å². The van der Waals surface area contributed by atoms with Crippen molar-refractivity contribution in [2.45, 2.75) is 52.0 Å². The first-order valence-corrected chi connectivity index (χ1v) is 8.22. The van der Waals surface area contributed by atoms with Gasteiger partial charge in [0.15, 0.2) is 0 Å². The number of benzene rings is 1. The number of fused-ring (bicyclic) bond motifs is 2. The van der Waals surface area contributed by atoms with Gasteiger partial charge in [0.2, 0.25) is 0 Å². The van der Waals surface area contributed by atoms with Gasteiger partial charge in [0.25, 0.3) is 0 Å². The summed E-state index contributed by atoms with van der Waals surface area (Å²) in [5, 5.41) is 3.72. The number of hydrogen-bond donors (Lipinski definition) is 1. The highest BCUT2D eigenvalue weighted by molar-refractivity contribution is 5.46. The Morgan fingerprint density at radius 3 is 2.40 bits per heavy atom. The molecule has 5 atom stereocenters. The van der Waals surface area contributed by atoms with Crippen LogP contribution in [-0.2, 0) is 0 Å². The Morgan fingerprint density at radius 1 is 1.10 bits per heavy atom. The van der Waals surface area contributed by atoms with Crippen molar-refractivity contribution >= 4 is 5.69 Å². The van der Waals surface area contributed by atoms with Crippen LogP contribution < -0.4 is 5.32 Å². The summed E-state index contributed by atoms with van der Waals surface area (Å²) in [6, 6.07) is 9.64. The molecule has 1 saturated carbocycles. The third kappa shape index (κ3) is 2.63. The van der Waals surface area contributed by atoms with Gasteiger partial charge in [-0.05, 0) is 67.6 Å². The zero-order valence-electron chi connectivity index (χ0n) is 13.0. The summed E-state index contributed by atoms with van der Waals surface area (Å²) >= 11 is 0. The maximum absolute atomic E-state index is 3.72. The molecule has 5 unspecified atom stereocenters. The van der Waals surface area contributed by atoms with Gasteiger partial charge in [0, 0.05) is 11.7 Å². The monoisotopic (exact) mass is 269 g/mol. The highest BCUT2D eigenvalue weighted by Gasteiger charge is 2.38. The van der Waals surface area contributed by atoms with Crippen LogP contribution in [0.5, 0.6) is 0 Å². The zero-order valence-corrected chi connectivity index (χ0v) is 13.0. The highest BCUT2D eigenvalue weighted by atomic mass is 14.9. The average Bonchev–Trinajstić information content (AvgIpc) is 3.10. The Labute approximate surface area is 123 Å². The van der Waals surface area contributed by atoms with Gasteiger partial charge in [0.05, 0.1) is 0 Å². The normalized spacial score (nSPS) is 30.4. The number of rotatable bonds is 5. The molecule has 2 aliphatic carbocycles. The molecule has 2 aliphatic rings. The molecule has 1 nitrogen and oxygen atoms in total. The quantitative estimate of drug-likeness (QED) is 0.723. The standard InChI is InChI=1S/C19H27N/c1-4-13(2)16-7-9-18(10-8-16)20-14(3)19-12-15-5-6-17(19)11-15/h5-10,13-15,17,19-20H,4,11-12H2,1-3H3. The van der Waals surface area contributed by atoms with E-state index in [1.807, 2.05) is 0 Å². The summed E-state index contributed by atoms with van der Waals surface area (Å²) in [5.41, 5.74) is 2.73. The smallest absolute Gasteiger partial charge is 0.0342 e. The van der Waals surface area contributed by atoms with Crippen LogP contribution in [0.15, 0.2) is 36.4 Å². The zero-order chi connectivity index (χ0) is 14.1.